The average Bonchev–Trinajstić information content (AvgIpc) is 3.03. The molecule has 3 aliphatic rings. The van der Waals surface area contributed by atoms with Gasteiger partial charge in [0.25, 0.3) is 0 Å². The van der Waals surface area contributed by atoms with E-state index >= 15 is 0 Å². The largest absolute Gasteiger partial charge is 0.327 e. The molecule has 3 saturated carbocycles. The van der Waals surface area contributed by atoms with E-state index < -0.39 is 0 Å². The van der Waals surface area contributed by atoms with Gasteiger partial charge in [-0.15, -0.1) is 0 Å². The van der Waals surface area contributed by atoms with Gasteiger partial charge in [0.15, 0.2) is 0 Å². The van der Waals surface area contributed by atoms with Crippen LogP contribution in [-0.2, 0) is 0 Å². The zero-order valence-corrected chi connectivity index (χ0v) is 13.6. The Bertz CT molecular complexity index is 317. The summed E-state index contributed by atoms with van der Waals surface area (Å²) in [6.45, 7) is 4.92. The first-order valence-corrected chi connectivity index (χ1v) is 9.09. The van der Waals surface area contributed by atoms with Gasteiger partial charge in [-0.25, -0.2) is 0 Å². The van der Waals surface area contributed by atoms with E-state index in [0.717, 1.165) is 29.6 Å². The number of fused-ring (bicyclic) bond motifs is 2. The molecule has 2 heteroatoms. The summed E-state index contributed by atoms with van der Waals surface area (Å²) in [5.41, 5.74) is 6.39. The highest BCUT2D eigenvalue weighted by atomic mass is 15.1. The molecule has 116 valence electrons. The molecule has 6 unspecified atom stereocenters. The second kappa shape index (κ2) is 6.36. The smallest absolute Gasteiger partial charge is 0.00795 e. The molecule has 2 bridgehead atoms. The van der Waals surface area contributed by atoms with E-state index in [-0.39, 0.29) is 0 Å². The molecule has 0 aromatic rings. The molecule has 20 heavy (non-hydrogen) atoms. The Morgan fingerprint density at radius 3 is 2.40 bits per heavy atom. The fourth-order valence-electron chi connectivity index (χ4n) is 5.44. The Morgan fingerprint density at radius 1 is 0.950 bits per heavy atom. The summed E-state index contributed by atoms with van der Waals surface area (Å²) < 4.78 is 0. The van der Waals surface area contributed by atoms with E-state index in [1.807, 2.05) is 0 Å². The van der Waals surface area contributed by atoms with Gasteiger partial charge in [-0.1, -0.05) is 19.8 Å². The number of hydrogen-bond acceptors (Lipinski definition) is 2. The van der Waals surface area contributed by atoms with Gasteiger partial charge in [-0.05, 0) is 75.2 Å². The number of hydrogen-bond donors (Lipinski definition) is 1. The van der Waals surface area contributed by atoms with Crippen LogP contribution in [0.2, 0.25) is 0 Å². The molecule has 0 saturated heterocycles. The first kappa shape index (κ1) is 14.8. The minimum atomic E-state index is 0.459. The molecule has 0 heterocycles. The van der Waals surface area contributed by atoms with Gasteiger partial charge in [-0.3, -0.25) is 0 Å². The zero-order valence-electron chi connectivity index (χ0n) is 13.6. The maximum absolute atomic E-state index is 6.39. The van der Waals surface area contributed by atoms with Crippen LogP contribution in [0, 0.1) is 29.6 Å². The van der Waals surface area contributed by atoms with Gasteiger partial charge in [0, 0.05) is 19.1 Å². The highest BCUT2D eigenvalue weighted by Crippen LogP contribution is 2.48. The van der Waals surface area contributed by atoms with Crippen molar-refractivity contribution in [2.45, 2.75) is 64.3 Å². The maximum Gasteiger partial charge on any atom is 0.00795 e. The van der Waals surface area contributed by atoms with Crippen molar-refractivity contribution in [1.29, 1.82) is 0 Å². The first-order valence-electron chi connectivity index (χ1n) is 9.09. The summed E-state index contributed by atoms with van der Waals surface area (Å²) in [5, 5.41) is 0. The van der Waals surface area contributed by atoms with Crippen molar-refractivity contribution < 1.29 is 0 Å². The van der Waals surface area contributed by atoms with Crippen LogP contribution in [0.4, 0.5) is 0 Å². The quantitative estimate of drug-likeness (QED) is 0.834. The summed E-state index contributed by atoms with van der Waals surface area (Å²) in [6.07, 6.45) is 11.4. The lowest BCUT2D eigenvalue weighted by molar-refractivity contribution is 0.146. The predicted octanol–water partition coefficient (Wildman–Crippen LogP) is 3.51. The Morgan fingerprint density at radius 2 is 1.75 bits per heavy atom. The highest BCUT2D eigenvalue weighted by molar-refractivity contribution is 4.91. The lowest BCUT2D eigenvalue weighted by atomic mass is 9.77. The van der Waals surface area contributed by atoms with Crippen LogP contribution in [0.15, 0.2) is 0 Å². The molecular weight excluding hydrogens is 244 g/mol. The molecule has 2 N–H and O–H groups in total. The van der Waals surface area contributed by atoms with Crippen molar-refractivity contribution in [2.24, 2.45) is 35.3 Å². The van der Waals surface area contributed by atoms with E-state index in [1.165, 1.54) is 58.0 Å². The van der Waals surface area contributed by atoms with Crippen molar-refractivity contribution in [2.75, 3.05) is 20.1 Å². The second-order valence-electron chi connectivity index (χ2n) is 8.17. The number of nitrogens with zero attached hydrogens (tertiary/aromatic N) is 1. The topological polar surface area (TPSA) is 29.3 Å². The third-order valence-electron chi connectivity index (χ3n) is 6.70. The summed E-state index contributed by atoms with van der Waals surface area (Å²) in [6, 6.07) is 0.459. The van der Waals surface area contributed by atoms with Crippen molar-refractivity contribution in [3.05, 3.63) is 0 Å². The molecule has 3 aliphatic carbocycles. The second-order valence-corrected chi connectivity index (χ2v) is 8.17. The minimum Gasteiger partial charge on any atom is -0.327 e. The van der Waals surface area contributed by atoms with Crippen molar-refractivity contribution in [3.63, 3.8) is 0 Å². The first-order chi connectivity index (χ1) is 9.65. The Kier molecular flexibility index (Phi) is 4.72. The van der Waals surface area contributed by atoms with Crippen LogP contribution < -0.4 is 5.73 Å². The van der Waals surface area contributed by atoms with E-state index in [1.54, 1.807) is 6.42 Å². The van der Waals surface area contributed by atoms with E-state index in [4.69, 9.17) is 5.73 Å². The van der Waals surface area contributed by atoms with Crippen LogP contribution in [0.3, 0.4) is 0 Å². The van der Waals surface area contributed by atoms with Crippen LogP contribution in [0.5, 0.6) is 0 Å². The summed E-state index contributed by atoms with van der Waals surface area (Å²) in [5.74, 6) is 4.83. The van der Waals surface area contributed by atoms with Crippen LogP contribution >= 0.6 is 0 Å². The molecule has 3 fully saturated rings. The summed E-state index contributed by atoms with van der Waals surface area (Å²) >= 11 is 0. The molecule has 0 aliphatic heterocycles. The van der Waals surface area contributed by atoms with Crippen LogP contribution in [-0.4, -0.2) is 31.1 Å². The van der Waals surface area contributed by atoms with Gasteiger partial charge >= 0.3 is 0 Å². The lowest BCUT2D eigenvalue weighted by Gasteiger charge is -2.37. The third kappa shape index (κ3) is 3.22. The van der Waals surface area contributed by atoms with Crippen molar-refractivity contribution in [3.8, 4) is 0 Å². The number of nitrogens with two attached hydrogens (primary N) is 1. The fraction of sp³-hybridized carbons (Fsp3) is 1.00. The molecule has 2 nitrogen and oxygen atoms in total. The maximum atomic E-state index is 6.39. The Hall–Kier alpha value is -0.0800. The average molecular weight is 278 g/mol. The predicted molar refractivity (Wildman–Crippen MR) is 85.5 cm³/mol. The highest BCUT2D eigenvalue weighted by Gasteiger charge is 2.40. The SMILES string of the molecule is CCC1CCC(N)C(CN(C)CC2CC3CCC2C3)C1. The monoisotopic (exact) mass is 278 g/mol. The zero-order chi connectivity index (χ0) is 14.1. The van der Waals surface area contributed by atoms with Gasteiger partial charge < -0.3 is 10.6 Å². The number of rotatable bonds is 5. The van der Waals surface area contributed by atoms with Gasteiger partial charge in [0.1, 0.15) is 0 Å². The van der Waals surface area contributed by atoms with Gasteiger partial charge in [-0.2, -0.15) is 0 Å². The Balaban J connectivity index is 1.46. The fourth-order valence-corrected chi connectivity index (χ4v) is 5.44. The molecule has 0 radical (unpaired) electrons. The molecule has 3 rings (SSSR count). The summed E-state index contributed by atoms with van der Waals surface area (Å²) in [4.78, 5) is 2.62. The normalized spacial score (nSPS) is 44.4. The molecule has 0 aromatic carbocycles. The van der Waals surface area contributed by atoms with Crippen LogP contribution in [0.25, 0.3) is 0 Å². The molecule has 0 amide bonds. The molecular formula is C18H34N2. The van der Waals surface area contributed by atoms with Gasteiger partial charge in [0.05, 0.1) is 0 Å². The molecule has 0 aromatic heterocycles. The van der Waals surface area contributed by atoms with E-state index in [2.05, 4.69) is 18.9 Å². The van der Waals surface area contributed by atoms with E-state index in [0.29, 0.717) is 6.04 Å². The molecule has 0 spiro atoms. The molecule has 6 atom stereocenters. The van der Waals surface area contributed by atoms with E-state index in [9.17, 15) is 0 Å². The van der Waals surface area contributed by atoms with Gasteiger partial charge in [0.2, 0.25) is 0 Å². The minimum absolute atomic E-state index is 0.459. The van der Waals surface area contributed by atoms with Crippen LogP contribution in [0.1, 0.15) is 58.3 Å². The Labute approximate surface area is 125 Å². The summed E-state index contributed by atoms with van der Waals surface area (Å²) in [7, 11) is 2.34. The third-order valence-corrected chi connectivity index (χ3v) is 6.70. The lowest BCUT2D eigenvalue weighted by Crippen LogP contribution is -2.43. The van der Waals surface area contributed by atoms with Crippen molar-refractivity contribution in [1.82, 2.24) is 4.90 Å². The standard InChI is InChI=1S/C18H34N2/c1-3-13-5-7-18(19)17(8-13)12-20(2)11-16-10-14-4-6-15(16)9-14/h13-18H,3-12,19H2,1-2H3. The van der Waals surface area contributed by atoms with Crippen molar-refractivity contribution >= 4 is 0 Å².